The minimum Gasteiger partial charge on any atom is -0.322 e. The summed E-state index contributed by atoms with van der Waals surface area (Å²) in [5.74, 6) is -2.64. The number of amides is 5. The summed E-state index contributed by atoms with van der Waals surface area (Å²) in [5, 5.41) is 2.74. The monoisotopic (exact) mass is 459 g/mol. The molecule has 1 aliphatic heterocycles. The van der Waals surface area contributed by atoms with Crippen LogP contribution < -0.4 is 5.32 Å². The number of carbonyl (C=O) groups is 5. The molecule has 0 saturated carbocycles. The first-order valence-electron chi connectivity index (χ1n) is 11.3. The van der Waals surface area contributed by atoms with Crippen LogP contribution in [0.4, 0.5) is 10.5 Å². The van der Waals surface area contributed by atoms with E-state index in [2.05, 4.69) is 11.4 Å². The molecule has 0 atom stereocenters. The number of urea groups is 1. The van der Waals surface area contributed by atoms with Crippen LogP contribution in [0.25, 0.3) is 0 Å². The maximum atomic E-state index is 12.7. The van der Waals surface area contributed by atoms with Gasteiger partial charge in [0.1, 0.15) is 0 Å². The van der Waals surface area contributed by atoms with Crippen LogP contribution in [0.2, 0.25) is 0 Å². The Labute approximate surface area is 197 Å². The number of carbonyl (C=O) groups excluding carboxylic acids is 5. The van der Waals surface area contributed by atoms with Gasteiger partial charge in [0.2, 0.25) is 0 Å². The van der Waals surface area contributed by atoms with E-state index in [-0.39, 0.29) is 18.0 Å². The molecular formula is C26H25N3O5. The van der Waals surface area contributed by atoms with Gasteiger partial charge in [0.05, 0.1) is 6.54 Å². The summed E-state index contributed by atoms with van der Waals surface area (Å²) < 4.78 is 0. The summed E-state index contributed by atoms with van der Waals surface area (Å²) in [5.41, 5.74) is 2.45. The average Bonchev–Trinajstić information content (AvgIpc) is 3.07. The van der Waals surface area contributed by atoms with Crippen molar-refractivity contribution in [2.45, 2.75) is 32.1 Å². The number of nitrogens with zero attached hydrogens (tertiary/aromatic N) is 2. The fourth-order valence-electron chi connectivity index (χ4n) is 4.04. The lowest BCUT2D eigenvalue weighted by Crippen LogP contribution is -2.37. The number of hydrogen-bond donors (Lipinski definition) is 1. The molecule has 1 saturated heterocycles. The lowest BCUT2D eigenvalue weighted by Gasteiger charge is -2.17. The lowest BCUT2D eigenvalue weighted by atomic mass is 9.97. The van der Waals surface area contributed by atoms with Crippen LogP contribution in [-0.4, -0.2) is 52.4 Å². The smallest absolute Gasteiger partial charge is 0.322 e. The molecular weight excluding hydrogens is 434 g/mol. The number of benzene rings is 2. The number of allylic oxidation sites excluding steroid dienone is 1. The van der Waals surface area contributed by atoms with Crippen LogP contribution in [0.1, 0.15) is 52.8 Å². The summed E-state index contributed by atoms with van der Waals surface area (Å²) in [6, 6.07) is 14.1. The molecule has 2 aromatic carbocycles. The summed E-state index contributed by atoms with van der Waals surface area (Å²) in [6.07, 6.45) is 6.83. The van der Waals surface area contributed by atoms with E-state index in [0.29, 0.717) is 22.6 Å². The molecule has 1 aliphatic carbocycles. The Bertz CT molecular complexity index is 1150. The van der Waals surface area contributed by atoms with Crippen molar-refractivity contribution in [2.75, 3.05) is 18.4 Å². The quantitative estimate of drug-likeness (QED) is 0.280. The number of Topliss-reactive ketones (excluding diaryl/α,β-unsaturated/α-hetero) is 1. The van der Waals surface area contributed by atoms with Gasteiger partial charge >= 0.3 is 17.8 Å². The van der Waals surface area contributed by atoms with Gasteiger partial charge in [0.25, 0.3) is 5.91 Å². The molecule has 2 aromatic rings. The van der Waals surface area contributed by atoms with Crippen molar-refractivity contribution in [1.29, 1.82) is 0 Å². The van der Waals surface area contributed by atoms with E-state index >= 15 is 0 Å². The van der Waals surface area contributed by atoms with Crippen LogP contribution in [0, 0.1) is 0 Å². The standard InChI is InChI=1S/C26H25N3O5/c30-22(19-11-13-21(14-12-19)27-23(31)20-9-5-2-6-10-20)17-29-25(33)24(32)28(26(29)34)16-15-18-7-3-1-4-8-18/h2,5-7,9-14H,1,3-4,8,15-17H2,(H,27,31). The van der Waals surface area contributed by atoms with Gasteiger partial charge in [-0.3, -0.25) is 24.1 Å². The van der Waals surface area contributed by atoms with Crippen LogP contribution in [0.5, 0.6) is 0 Å². The summed E-state index contributed by atoms with van der Waals surface area (Å²) in [6.45, 7) is -0.381. The van der Waals surface area contributed by atoms with Crippen molar-refractivity contribution in [2.24, 2.45) is 0 Å². The van der Waals surface area contributed by atoms with Crippen LogP contribution in [0.15, 0.2) is 66.2 Å². The highest BCUT2D eigenvalue weighted by atomic mass is 16.2. The van der Waals surface area contributed by atoms with Gasteiger partial charge in [-0.2, -0.15) is 0 Å². The number of hydrogen-bond acceptors (Lipinski definition) is 5. The Morgan fingerprint density at radius 2 is 1.53 bits per heavy atom. The van der Waals surface area contributed by atoms with Gasteiger partial charge in [0, 0.05) is 23.4 Å². The Morgan fingerprint density at radius 3 is 2.21 bits per heavy atom. The number of imide groups is 2. The summed E-state index contributed by atoms with van der Waals surface area (Å²) in [4.78, 5) is 63.9. The average molecular weight is 460 g/mol. The van der Waals surface area contributed by atoms with E-state index < -0.39 is 30.2 Å². The summed E-state index contributed by atoms with van der Waals surface area (Å²) in [7, 11) is 0. The lowest BCUT2D eigenvalue weighted by molar-refractivity contribution is -0.143. The van der Waals surface area contributed by atoms with E-state index in [9.17, 15) is 24.0 Å². The second-order valence-electron chi connectivity index (χ2n) is 8.31. The van der Waals surface area contributed by atoms with Crippen LogP contribution in [-0.2, 0) is 9.59 Å². The molecule has 0 aromatic heterocycles. The zero-order valence-electron chi connectivity index (χ0n) is 18.7. The van der Waals surface area contributed by atoms with Crippen molar-refractivity contribution in [3.05, 3.63) is 77.4 Å². The van der Waals surface area contributed by atoms with E-state index in [4.69, 9.17) is 0 Å². The van der Waals surface area contributed by atoms with E-state index in [1.165, 1.54) is 17.7 Å². The largest absolute Gasteiger partial charge is 0.334 e. The minimum absolute atomic E-state index is 0.135. The molecule has 0 radical (unpaired) electrons. The van der Waals surface area contributed by atoms with Gasteiger partial charge < -0.3 is 5.32 Å². The Kier molecular flexibility index (Phi) is 6.96. The zero-order valence-corrected chi connectivity index (χ0v) is 18.7. The highest BCUT2D eigenvalue weighted by Gasteiger charge is 2.44. The topological polar surface area (TPSA) is 104 Å². The molecule has 0 unspecified atom stereocenters. The first-order chi connectivity index (χ1) is 16.4. The molecule has 8 nitrogen and oxygen atoms in total. The van der Waals surface area contributed by atoms with Gasteiger partial charge in [-0.15, -0.1) is 0 Å². The Hall–Kier alpha value is -4.07. The van der Waals surface area contributed by atoms with Crippen molar-refractivity contribution in [3.8, 4) is 0 Å². The van der Waals surface area contributed by atoms with E-state index in [1.807, 2.05) is 6.07 Å². The zero-order chi connectivity index (χ0) is 24.1. The molecule has 1 N–H and O–H groups in total. The van der Waals surface area contributed by atoms with Crippen molar-refractivity contribution in [3.63, 3.8) is 0 Å². The predicted octanol–water partition coefficient (Wildman–Crippen LogP) is 3.80. The van der Waals surface area contributed by atoms with E-state index in [0.717, 1.165) is 30.6 Å². The van der Waals surface area contributed by atoms with Crippen molar-refractivity contribution >= 4 is 35.2 Å². The van der Waals surface area contributed by atoms with E-state index in [1.54, 1.807) is 36.4 Å². The second kappa shape index (κ2) is 10.2. The van der Waals surface area contributed by atoms with Gasteiger partial charge in [-0.1, -0.05) is 29.8 Å². The molecule has 8 heteroatoms. The van der Waals surface area contributed by atoms with Gasteiger partial charge in [-0.25, -0.2) is 9.69 Å². The van der Waals surface area contributed by atoms with Crippen LogP contribution in [0.3, 0.4) is 0 Å². The molecule has 2 aliphatic rings. The number of rotatable bonds is 8. The second-order valence-corrected chi connectivity index (χ2v) is 8.31. The molecule has 1 fully saturated rings. The number of nitrogens with one attached hydrogen (secondary N) is 1. The number of ketones is 1. The van der Waals surface area contributed by atoms with Crippen molar-refractivity contribution < 1.29 is 24.0 Å². The molecule has 0 bridgehead atoms. The molecule has 5 amide bonds. The first-order valence-corrected chi connectivity index (χ1v) is 11.3. The third-order valence-electron chi connectivity index (χ3n) is 5.98. The predicted molar refractivity (Wildman–Crippen MR) is 125 cm³/mol. The maximum Gasteiger partial charge on any atom is 0.334 e. The molecule has 0 spiro atoms. The van der Waals surface area contributed by atoms with Gasteiger partial charge in [0.15, 0.2) is 5.78 Å². The molecule has 174 valence electrons. The number of anilines is 1. The molecule has 4 rings (SSSR count). The third-order valence-corrected chi connectivity index (χ3v) is 5.98. The maximum absolute atomic E-state index is 12.7. The molecule has 34 heavy (non-hydrogen) atoms. The fourth-order valence-corrected chi connectivity index (χ4v) is 4.04. The third kappa shape index (κ3) is 5.11. The summed E-state index contributed by atoms with van der Waals surface area (Å²) >= 11 is 0. The SMILES string of the molecule is O=C(CN1C(=O)C(=O)N(CCC2=CCCCC2)C1=O)c1ccc(NC(=O)c2ccccc2)cc1. The Morgan fingerprint density at radius 1 is 0.824 bits per heavy atom. The first kappa shape index (κ1) is 23.1. The van der Waals surface area contributed by atoms with Gasteiger partial charge in [-0.05, 0) is 68.5 Å². The van der Waals surface area contributed by atoms with Crippen LogP contribution >= 0.6 is 0 Å². The minimum atomic E-state index is -0.984. The Balaban J connectivity index is 1.35. The normalized spacial score (nSPS) is 16.0. The highest BCUT2D eigenvalue weighted by molar-refractivity contribution is 6.45. The van der Waals surface area contributed by atoms with Crippen molar-refractivity contribution in [1.82, 2.24) is 9.80 Å². The highest BCUT2D eigenvalue weighted by Crippen LogP contribution is 2.22. The molecule has 1 heterocycles. The fraction of sp³-hybridized carbons (Fsp3) is 0.269.